The van der Waals surface area contributed by atoms with Crippen LogP contribution in [0.3, 0.4) is 0 Å². The molecular weight excluding hydrogens is 200 g/mol. The Morgan fingerprint density at radius 2 is 0.938 bits per heavy atom. The van der Waals surface area contributed by atoms with Gasteiger partial charge < -0.3 is 10.2 Å². The Balaban J connectivity index is 0.00000128. The summed E-state index contributed by atoms with van der Waals surface area (Å²) in [5.41, 5.74) is 2.48. The Labute approximate surface area is 95.8 Å². The molecule has 2 rings (SSSR count). The largest absolute Gasteiger partial charge is 0.457 e. The van der Waals surface area contributed by atoms with Crippen LogP contribution in [-0.4, -0.2) is 5.48 Å². The van der Waals surface area contributed by atoms with Gasteiger partial charge in [0.25, 0.3) is 0 Å². The van der Waals surface area contributed by atoms with E-state index in [1.807, 2.05) is 48.5 Å². The molecule has 2 aromatic rings. The first-order chi connectivity index (χ1) is 7.24. The molecule has 0 bridgehead atoms. The fraction of sp³-hybridized carbons (Fsp3) is 0.143. The molecule has 2 heteroatoms. The smallest absolute Gasteiger partial charge is 0.127 e. The van der Waals surface area contributed by atoms with Crippen molar-refractivity contribution in [2.24, 2.45) is 0 Å². The standard InChI is InChI=1S/C14H14O.H2O/c1-11-3-7-13(8-4-11)15-14-9-5-12(2)6-10-14;/h3-10H,1-2H3;1H2. The molecule has 2 N–H and O–H groups in total. The maximum atomic E-state index is 5.69. The molecule has 2 aromatic carbocycles. The van der Waals surface area contributed by atoms with Crippen molar-refractivity contribution in [2.75, 3.05) is 0 Å². The summed E-state index contributed by atoms with van der Waals surface area (Å²) < 4.78 is 5.69. The number of ether oxygens (including phenoxy) is 1. The Bertz CT molecular complexity index is 386. The number of benzene rings is 2. The molecule has 0 heterocycles. The molecule has 0 spiro atoms. The summed E-state index contributed by atoms with van der Waals surface area (Å²) in [6.45, 7) is 4.13. The zero-order valence-corrected chi connectivity index (χ0v) is 9.53. The molecular formula is C14H16O2. The molecule has 16 heavy (non-hydrogen) atoms. The molecule has 0 atom stereocenters. The Hall–Kier alpha value is -1.80. The van der Waals surface area contributed by atoms with Crippen molar-refractivity contribution in [1.82, 2.24) is 0 Å². The van der Waals surface area contributed by atoms with Crippen LogP contribution < -0.4 is 4.74 Å². The second kappa shape index (κ2) is 5.33. The summed E-state index contributed by atoms with van der Waals surface area (Å²) in [5.74, 6) is 1.76. The molecule has 0 aromatic heterocycles. The van der Waals surface area contributed by atoms with Crippen LogP contribution in [0.5, 0.6) is 11.5 Å². The highest BCUT2D eigenvalue weighted by atomic mass is 16.5. The van der Waals surface area contributed by atoms with Crippen molar-refractivity contribution in [2.45, 2.75) is 13.8 Å². The first kappa shape index (κ1) is 12.3. The predicted octanol–water partition coefficient (Wildman–Crippen LogP) is 3.27. The topological polar surface area (TPSA) is 40.7 Å². The van der Waals surface area contributed by atoms with E-state index in [0.29, 0.717) is 0 Å². The average Bonchev–Trinajstić information content (AvgIpc) is 2.25. The lowest BCUT2D eigenvalue weighted by atomic mass is 10.2. The lowest BCUT2D eigenvalue weighted by Crippen LogP contribution is -1.84. The van der Waals surface area contributed by atoms with Gasteiger partial charge in [-0.25, -0.2) is 0 Å². The normalized spacial score (nSPS) is 9.38. The van der Waals surface area contributed by atoms with Gasteiger partial charge in [0.05, 0.1) is 0 Å². The third-order valence-electron chi connectivity index (χ3n) is 2.28. The number of hydrogen-bond acceptors (Lipinski definition) is 1. The second-order valence-corrected chi connectivity index (χ2v) is 3.73. The minimum atomic E-state index is 0. The summed E-state index contributed by atoms with van der Waals surface area (Å²) in [6, 6.07) is 16.1. The molecule has 0 aliphatic carbocycles. The van der Waals surface area contributed by atoms with Crippen LogP contribution in [0.25, 0.3) is 0 Å². The quantitative estimate of drug-likeness (QED) is 0.759. The molecule has 0 aliphatic rings. The second-order valence-electron chi connectivity index (χ2n) is 3.73. The molecule has 84 valence electrons. The van der Waals surface area contributed by atoms with Gasteiger partial charge in [0.15, 0.2) is 0 Å². The first-order valence-electron chi connectivity index (χ1n) is 5.05. The maximum Gasteiger partial charge on any atom is 0.127 e. The third-order valence-corrected chi connectivity index (χ3v) is 2.28. The summed E-state index contributed by atoms with van der Waals surface area (Å²) in [5, 5.41) is 0. The summed E-state index contributed by atoms with van der Waals surface area (Å²) in [7, 11) is 0. The number of rotatable bonds is 2. The van der Waals surface area contributed by atoms with E-state index in [0.717, 1.165) is 11.5 Å². The van der Waals surface area contributed by atoms with Crippen LogP contribution in [0.4, 0.5) is 0 Å². The molecule has 2 nitrogen and oxygen atoms in total. The molecule has 0 radical (unpaired) electrons. The fourth-order valence-electron chi connectivity index (χ4n) is 1.35. The summed E-state index contributed by atoms with van der Waals surface area (Å²) >= 11 is 0. The molecule has 0 amide bonds. The van der Waals surface area contributed by atoms with Gasteiger partial charge in [-0.05, 0) is 38.1 Å². The highest BCUT2D eigenvalue weighted by Gasteiger charge is 1.95. The van der Waals surface area contributed by atoms with Crippen molar-refractivity contribution in [3.63, 3.8) is 0 Å². The van der Waals surface area contributed by atoms with Gasteiger partial charge in [-0.2, -0.15) is 0 Å². The molecule has 0 unspecified atom stereocenters. The SMILES string of the molecule is Cc1ccc(Oc2ccc(C)cc2)cc1.O. The zero-order chi connectivity index (χ0) is 10.7. The van der Waals surface area contributed by atoms with Gasteiger partial charge >= 0.3 is 0 Å². The van der Waals surface area contributed by atoms with Crippen LogP contribution in [0.15, 0.2) is 48.5 Å². The summed E-state index contributed by atoms with van der Waals surface area (Å²) in [6.07, 6.45) is 0. The Morgan fingerprint density at radius 1 is 0.625 bits per heavy atom. The highest BCUT2D eigenvalue weighted by molar-refractivity contribution is 5.33. The van der Waals surface area contributed by atoms with Crippen molar-refractivity contribution in [3.8, 4) is 11.5 Å². The molecule has 0 aliphatic heterocycles. The highest BCUT2D eigenvalue weighted by Crippen LogP contribution is 2.21. The van der Waals surface area contributed by atoms with Crippen molar-refractivity contribution in [1.29, 1.82) is 0 Å². The first-order valence-corrected chi connectivity index (χ1v) is 5.05. The van der Waals surface area contributed by atoms with Crippen molar-refractivity contribution in [3.05, 3.63) is 59.7 Å². The minimum Gasteiger partial charge on any atom is -0.457 e. The van der Waals surface area contributed by atoms with Gasteiger partial charge in [-0.15, -0.1) is 0 Å². The van der Waals surface area contributed by atoms with E-state index in [9.17, 15) is 0 Å². The van der Waals surface area contributed by atoms with Gasteiger partial charge in [0.2, 0.25) is 0 Å². The average molecular weight is 216 g/mol. The van der Waals surface area contributed by atoms with E-state index in [1.165, 1.54) is 11.1 Å². The maximum absolute atomic E-state index is 5.69. The lowest BCUT2D eigenvalue weighted by Gasteiger charge is -2.05. The van der Waals surface area contributed by atoms with Gasteiger partial charge in [-0.3, -0.25) is 0 Å². The Morgan fingerprint density at radius 3 is 1.25 bits per heavy atom. The van der Waals surface area contributed by atoms with E-state index in [4.69, 9.17) is 4.74 Å². The van der Waals surface area contributed by atoms with Crippen molar-refractivity contribution < 1.29 is 10.2 Å². The third kappa shape index (κ3) is 3.11. The van der Waals surface area contributed by atoms with Gasteiger partial charge in [-0.1, -0.05) is 35.4 Å². The molecule has 0 saturated carbocycles. The van der Waals surface area contributed by atoms with Crippen LogP contribution in [0.1, 0.15) is 11.1 Å². The Kier molecular flexibility index (Phi) is 4.09. The fourth-order valence-corrected chi connectivity index (χ4v) is 1.35. The summed E-state index contributed by atoms with van der Waals surface area (Å²) in [4.78, 5) is 0. The van der Waals surface area contributed by atoms with E-state index >= 15 is 0 Å². The van der Waals surface area contributed by atoms with Crippen LogP contribution in [0, 0.1) is 13.8 Å². The van der Waals surface area contributed by atoms with Crippen molar-refractivity contribution >= 4 is 0 Å². The number of aryl methyl sites for hydroxylation is 2. The predicted molar refractivity (Wildman–Crippen MR) is 66.0 cm³/mol. The minimum absolute atomic E-state index is 0. The van der Waals surface area contributed by atoms with Crippen LogP contribution in [0.2, 0.25) is 0 Å². The molecule has 0 saturated heterocycles. The van der Waals surface area contributed by atoms with Gasteiger partial charge in [0, 0.05) is 0 Å². The van der Waals surface area contributed by atoms with Crippen LogP contribution >= 0.6 is 0 Å². The monoisotopic (exact) mass is 216 g/mol. The van der Waals surface area contributed by atoms with E-state index in [-0.39, 0.29) is 5.48 Å². The van der Waals surface area contributed by atoms with E-state index < -0.39 is 0 Å². The van der Waals surface area contributed by atoms with E-state index in [1.54, 1.807) is 0 Å². The van der Waals surface area contributed by atoms with E-state index in [2.05, 4.69) is 13.8 Å². The van der Waals surface area contributed by atoms with Crippen LogP contribution in [-0.2, 0) is 0 Å². The van der Waals surface area contributed by atoms with Gasteiger partial charge in [0.1, 0.15) is 11.5 Å². The zero-order valence-electron chi connectivity index (χ0n) is 9.53. The molecule has 0 fully saturated rings. The lowest BCUT2D eigenvalue weighted by molar-refractivity contribution is 0.482. The number of hydrogen-bond donors (Lipinski definition) is 0.